The predicted octanol–water partition coefficient (Wildman–Crippen LogP) is 1.93. The van der Waals surface area contributed by atoms with Crippen LogP contribution in [0.2, 0.25) is 0 Å². The van der Waals surface area contributed by atoms with E-state index in [1.807, 2.05) is 6.07 Å². The Kier molecular flexibility index (Phi) is 4.00. The molecule has 1 aromatic rings. The van der Waals surface area contributed by atoms with Crippen molar-refractivity contribution in [2.45, 2.75) is 31.2 Å². The number of nitrogens with zero attached hydrogens (tertiary/aromatic N) is 1. The average Bonchev–Trinajstić information content (AvgIpc) is 3.27. The number of carboxylic acid groups (broad SMARTS) is 1. The van der Waals surface area contributed by atoms with Crippen molar-refractivity contribution in [2.24, 2.45) is 5.41 Å². The molecule has 0 radical (unpaired) electrons. The topological polar surface area (TPSA) is 52.6 Å². The lowest BCUT2D eigenvalue weighted by Crippen LogP contribution is -2.49. The molecule has 4 nitrogen and oxygen atoms in total. The van der Waals surface area contributed by atoms with E-state index in [0.717, 1.165) is 32.4 Å². The average molecular weight is 288 g/mol. The number of aliphatic carboxylic acids is 1. The van der Waals surface area contributed by atoms with E-state index >= 15 is 0 Å². The van der Waals surface area contributed by atoms with Crippen LogP contribution < -0.4 is 5.32 Å². The van der Waals surface area contributed by atoms with E-state index in [-0.39, 0.29) is 0 Å². The van der Waals surface area contributed by atoms with Crippen LogP contribution in [0.4, 0.5) is 0 Å². The maximum absolute atomic E-state index is 11.7. The number of hydrogen-bond acceptors (Lipinski definition) is 3. The van der Waals surface area contributed by atoms with Crippen molar-refractivity contribution in [3.8, 4) is 0 Å². The van der Waals surface area contributed by atoms with E-state index in [1.54, 1.807) is 0 Å². The largest absolute Gasteiger partial charge is 0.481 e. The summed E-state index contributed by atoms with van der Waals surface area (Å²) in [7, 11) is 2.06. The Morgan fingerprint density at radius 1 is 1.33 bits per heavy atom. The van der Waals surface area contributed by atoms with Crippen LogP contribution in [0, 0.1) is 5.41 Å². The minimum Gasteiger partial charge on any atom is -0.481 e. The van der Waals surface area contributed by atoms with Gasteiger partial charge in [-0.25, -0.2) is 0 Å². The summed E-state index contributed by atoms with van der Waals surface area (Å²) in [6, 6.07) is 10.9. The molecular weight excluding hydrogens is 264 g/mol. The number of benzene rings is 1. The van der Waals surface area contributed by atoms with Gasteiger partial charge in [0, 0.05) is 18.5 Å². The highest BCUT2D eigenvalue weighted by atomic mass is 16.4. The molecule has 3 rings (SSSR count). The van der Waals surface area contributed by atoms with Crippen LogP contribution in [-0.4, -0.2) is 48.7 Å². The summed E-state index contributed by atoms with van der Waals surface area (Å²) in [5.41, 5.74) is 0.791. The maximum Gasteiger partial charge on any atom is 0.311 e. The summed E-state index contributed by atoms with van der Waals surface area (Å²) in [4.78, 5) is 13.9. The van der Waals surface area contributed by atoms with Crippen LogP contribution in [-0.2, 0) is 4.79 Å². The molecule has 1 aliphatic carbocycles. The third-order valence-electron chi connectivity index (χ3n) is 5.12. The van der Waals surface area contributed by atoms with Crippen molar-refractivity contribution >= 4 is 5.97 Å². The molecule has 114 valence electrons. The summed E-state index contributed by atoms with van der Waals surface area (Å²) in [6.07, 6.45) is 2.61. The van der Waals surface area contributed by atoms with Crippen LogP contribution in [0.25, 0.3) is 0 Å². The van der Waals surface area contributed by atoms with Crippen LogP contribution in [0.3, 0.4) is 0 Å². The van der Waals surface area contributed by atoms with Gasteiger partial charge in [0.25, 0.3) is 0 Å². The molecule has 0 amide bonds. The Labute approximate surface area is 126 Å². The molecule has 21 heavy (non-hydrogen) atoms. The smallest absolute Gasteiger partial charge is 0.311 e. The van der Waals surface area contributed by atoms with Crippen LogP contribution in [0.15, 0.2) is 30.3 Å². The number of carboxylic acids is 1. The Bertz CT molecular complexity index is 495. The van der Waals surface area contributed by atoms with Gasteiger partial charge >= 0.3 is 5.97 Å². The van der Waals surface area contributed by atoms with Gasteiger partial charge in [0.2, 0.25) is 0 Å². The normalized spacial score (nSPS) is 28.2. The van der Waals surface area contributed by atoms with Crippen molar-refractivity contribution in [3.05, 3.63) is 35.9 Å². The lowest BCUT2D eigenvalue weighted by atomic mass is 9.78. The van der Waals surface area contributed by atoms with Crippen LogP contribution >= 0.6 is 0 Å². The molecule has 0 unspecified atom stereocenters. The first-order chi connectivity index (χ1) is 10.1. The number of likely N-dealkylation sites (tertiary alicyclic amines) is 1. The van der Waals surface area contributed by atoms with E-state index in [9.17, 15) is 9.90 Å². The molecule has 1 saturated heterocycles. The number of carbonyl (C=O) groups is 1. The second-order valence-electron chi connectivity index (χ2n) is 6.63. The zero-order valence-corrected chi connectivity index (χ0v) is 12.6. The SMILES string of the molecule is CN1CCC(CN[C@H]2C[C@@H]2c2ccccc2)(C(=O)O)CC1. The van der Waals surface area contributed by atoms with Gasteiger partial charge in [-0.05, 0) is 45.0 Å². The van der Waals surface area contributed by atoms with E-state index in [0.29, 0.717) is 18.5 Å². The van der Waals surface area contributed by atoms with Gasteiger partial charge in [0.15, 0.2) is 0 Å². The fraction of sp³-hybridized carbons (Fsp3) is 0.588. The molecule has 2 N–H and O–H groups in total. The number of piperidine rings is 1. The fourth-order valence-corrected chi connectivity index (χ4v) is 3.33. The molecule has 1 heterocycles. The summed E-state index contributed by atoms with van der Waals surface area (Å²) in [5, 5.41) is 13.1. The third-order valence-corrected chi connectivity index (χ3v) is 5.12. The first kappa shape index (κ1) is 14.5. The molecule has 0 spiro atoms. The Morgan fingerprint density at radius 3 is 2.62 bits per heavy atom. The van der Waals surface area contributed by atoms with Crippen molar-refractivity contribution in [2.75, 3.05) is 26.7 Å². The highest BCUT2D eigenvalue weighted by Gasteiger charge is 2.44. The van der Waals surface area contributed by atoms with Gasteiger partial charge in [0.05, 0.1) is 5.41 Å². The summed E-state index contributed by atoms with van der Waals surface area (Å²) < 4.78 is 0. The minimum absolute atomic E-state index is 0.447. The van der Waals surface area contributed by atoms with Crippen molar-refractivity contribution in [1.29, 1.82) is 0 Å². The predicted molar refractivity (Wildman–Crippen MR) is 82.4 cm³/mol. The van der Waals surface area contributed by atoms with Gasteiger partial charge in [-0.3, -0.25) is 4.79 Å². The fourth-order valence-electron chi connectivity index (χ4n) is 3.33. The summed E-state index contributed by atoms with van der Waals surface area (Å²) in [6.45, 7) is 2.35. The molecule has 0 bridgehead atoms. The molecule has 1 saturated carbocycles. The standard InChI is InChI=1S/C17H24N2O2/c1-19-9-7-17(8-10-19,16(20)21)12-18-15-11-14(15)13-5-3-2-4-6-13/h2-6,14-15,18H,7-12H2,1H3,(H,20,21)/t14-,15+/m1/s1. The minimum atomic E-state index is -0.639. The van der Waals surface area contributed by atoms with Gasteiger partial charge in [0.1, 0.15) is 0 Å². The second kappa shape index (κ2) is 5.78. The van der Waals surface area contributed by atoms with E-state index in [2.05, 4.69) is 41.5 Å². The lowest BCUT2D eigenvalue weighted by Gasteiger charge is -2.37. The highest BCUT2D eigenvalue weighted by Crippen LogP contribution is 2.41. The molecule has 0 aromatic heterocycles. The van der Waals surface area contributed by atoms with E-state index < -0.39 is 11.4 Å². The second-order valence-corrected chi connectivity index (χ2v) is 6.63. The van der Waals surface area contributed by atoms with E-state index in [4.69, 9.17) is 0 Å². The number of nitrogens with one attached hydrogen (secondary N) is 1. The van der Waals surface area contributed by atoms with Gasteiger partial charge in [-0.2, -0.15) is 0 Å². The Balaban J connectivity index is 1.56. The number of rotatable bonds is 5. The summed E-state index contributed by atoms with van der Waals surface area (Å²) >= 11 is 0. The lowest BCUT2D eigenvalue weighted by molar-refractivity contribution is -0.151. The van der Waals surface area contributed by atoms with Gasteiger partial charge in [-0.15, -0.1) is 0 Å². The molecule has 4 heteroatoms. The van der Waals surface area contributed by atoms with Crippen molar-refractivity contribution < 1.29 is 9.90 Å². The Hall–Kier alpha value is -1.39. The van der Waals surface area contributed by atoms with Crippen molar-refractivity contribution in [1.82, 2.24) is 10.2 Å². The third kappa shape index (κ3) is 3.11. The first-order valence-corrected chi connectivity index (χ1v) is 7.81. The zero-order chi connectivity index (χ0) is 14.9. The molecule has 1 aliphatic heterocycles. The number of hydrogen-bond donors (Lipinski definition) is 2. The molecular formula is C17H24N2O2. The monoisotopic (exact) mass is 288 g/mol. The Morgan fingerprint density at radius 2 is 2.00 bits per heavy atom. The van der Waals surface area contributed by atoms with Gasteiger partial charge < -0.3 is 15.3 Å². The molecule has 1 aromatic carbocycles. The highest BCUT2D eigenvalue weighted by molar-refractivity contribution is 5.75. The van der Waals surface area contributed by atoms with Crippen LogP contribution in [0.5, 0.6) is 0 Å². The summed E-state index contributed by atoms with van der Waals surface area (Å²) in [5.74, 6) is -0.0803. The zero-order valence-electron chi connectivity index (χ0n) is 12.6. The van der Waals surface area contributed by atoms with Crippen LogP contribution in [0.1, 0.15) is 30.7 Å². The quantitative estimate of drug-likeness (QED) is 0.869. The van der Waals surface area contributed by atoms with Gasteiger partial charge in [-0.1, -0.05) is 30.3 Å². The van der Waals surface area contributed by atoms with E-state index in [1.165, 1.54) is 5.56 Å². The molecule has 2 aliphatic rings. The van der Waals surface area contributed by atoms with Crippen molar-refractivity contribution in [3.63, 3.8) is 0 Å². The maximum atomic E-state index is 11.7. The molecule has 2 fully saturated rings. The first-order valence-electron chi connectivity index (χ1n) is 7.81. The molecule has 2 atom stereocenters.